The lowest BCUT2D eigenvalue weighted by Crippen LogP contribution is -2.71. The van der Waals surface area contributed by atoms with Crippen LogP contribution >= 0.6 is 23.1 Å². The van der Waals surface area contributed by atoms with Crippen molar-refractivity contribution in [3.8, 4) is 0 Å². The van der Waals surface area contributed by atoms with Crippen LogP contribution in [0, 0.1) is 0 Å². The quantitative estimate of drug-likeness (QED) is 0.0560. The molecule has 4 heterocycles. The van der Waals surface area contributed by atoms with E-state index in [1.807, 2.05) is 91.0 Å². The molecule has 3 aliphatic heterocycles. The maximum absolute atomic E-state index is 14.1. The fourth-order valence-electron chi connectivity index (χ4n) is 6.54. The highest BCUT2D eigenvalue weighted by Gasteiger charge is 2.55. The smallest absolute Gasteiger partial charge is 0.393 e. The number of nitrogens with two attached hydrogens (primary N) is 1. The molecular weight excluding hydrogens is 746 g/mol. The molecule has 2 atom stereocenters. The second kappa shape index (κ2) is 14.5. The first kappa shape index (κ1) is 36.4. The minimum Gasteiger partial charge on any atom is -0.477 e. The SMILES string of the molecule is Nc1nc(C(=NOC(c2ccccc2)(c2ccccc2)c2ccccc2)C(=O)N[C@@H]2C(=O)N3C(C(=O)O)=C(C(CC(F)(F)F)=C4CNC4=O)CS[C@H]23)cs1. The Kier molecular flexibility index (Phi) is 9.76. The lowest BCUT2D eigenvalue weighted by molar-refractivity contribution is -0.150. The normalized spacial score (nSPS) is 19.6. The molecule has 3 aliphatic rings. The number of carboxylic acids is 1. The minimum absolute atomic E-state index is 0.0358. The predicted octanol–water partition coefficient (Wildman–Crippen LogP) is 4.56. The van der Waals surface area contributed by atoms with E-state index in [4.69, 9.17) is 10.6 Å². The summed E-state index contributed by atoms with van der Waals surface area (Å²) in [5.41, 5.74) is 4.63. The van der Waals surface area contributed by atoms with Crippen molar-refractivity contribution in [3.05, 3.63) is 141 Å². The molecule has 5 N–H and O–H groups in total. The maximum Gasteiger partial charge on any atom is 0.393 e. The Labute approximate surface area is 313 Å². The Morgan fingerprint density at radius 2 is 1.56 bits per heavy atom. The number of aliphatic carboxylic acids is 1. The molecule has 0 saturated carbocycles. The second-order valence-corrected chi connectivity index (χ2v) is 14.3. The molecule has 0 aliphatic carbocycles. The van der Waals surface area contributed by atoms with E-state index in [0.717, 1.165) is 28.0 Å². The summed E-state index contributed by atoms with van der Waals surface area (Å²) in [7, 11) is 0. The largest absolute Gasteiger partial charge is 0.477 e. The number of carboxylic acid groups (broad SMARTS) is 1. The number of oxime groups is 1. The Morgan fingerprint density at radius 1 is 0.981 bits per heavy atom. The minimum atomic E-state index is -4.76. The molecule has 0 radical (unpaired) electrons. The van der Waals surface area contributed by atoms with Gasteiger partial charge in [-0.05, 0) is 11.1 Å². The number of rotatable bonds is 11. The molecule has 276 valence electrons. The third-order valence-electron chi connectivity index (χ3n) is 9.06. The van der Waals surface area contributed by atoms with Gasteiger partial charge in [0.1, 0.15) is 22.8 Å². The number of alkyl halides is 3. The van der Waals surface area contributed by atoms with E-state index in [-0.39, 0.29) is 40.0 Å². The number of benzene rings is 3. The first-order chi connectivity index (χ1) is 25.9. The number of carbonyl (C=O) groups excluding carboxylic acids is 3. The summed E-state index contributed by atoms with van der Waals surface area (Å²) < 4.78 is 40.9. The van der Waals surface area contributed by atoms with Crippen LogP contribution in [-0.4, -0.2) is 74.3 Å². The number of nitrogen functional groups attached to an aromatic ring is 1. The second-order valence-electron chi connectivity index (χ2n) is 12.3. The number of hydrogen-bond acceptors (Lipinski definition) is 10. The third kappa shape index (κ3) is 6.71. The van der Waals surface area contributed by atoms with Gasteiger partial charge in [-0.2, -0.15) is 13.2 Å². The summed E-state index contributed by atoms with van der Waals surface area (Å²) in [4.78, 5) is 64.0. The number of β-lactam (4-membered cyclic amide) rings is 2. The Morgan fingerprint density at radius 3 is 2.00 bits per heavy atom. The van der Waals surface area contributed by atoms with E-state index >= 15 is 0 Å². The van der Waals surface area contributed by atoms with Crippen LogP contribution in [0.15, 0.2) is 124 Å². The van der Waals surface area contributed by atoms with Gasteiger partial charge in [0, 0.05) is 39.9 Å². The van der Waals surface area contributed by atoms with Crippen molar-refractivity contribution in [1.29, 1.82) is 0 Å². The monoisotopic (exact) mass is 774 g/mol. The standard InChI is InChI=1S/C37H29F3N6O6S2/c38-36(39,40)16-23(24-17-42-30(24)47)25-18-53-33-28(32(49)46(33)29(25)34(50)51)44-31(48)27(26-19-54-35(41)43-26)45-52-37(20-10-4-1-5-11-20,21-12-6-2-7-13-21)22-14-8-3-9-15-22/h1-15,19,28,33H,16-18H2,(H2,41,43)(H,42,47)(H,44,48)(H,50,51)/t28-,33-/m1/s1. The molecular formula is C37H29F3N6O6S2. The topological polar surface area (TPSA) is 176 Å². The number of carbonyl (C=O) groups is 4. The first-order valence-electron chi connectivity index (χ1n) is 16.3. The molecule has 4 aromatic rings. The molecule has 3 amide bonds. The van der Waals surface area contributed by atoms with Gasteiger partial charge < -0.3 is 26.3 Å². The average Bonchev–Trinajstić information content (AvgIpc) is 3.59. The summed E-state index contributed by atoms with van der Waals surface area (Å²) >= 11 is 1.99. The van der Waals surface area contributed by atoms with Gasteiger partial charge in [-0.25, -0.2) is 9.78 Å². The molecule has 0 unspecified atom stereocenters. The Hall–Kier alpha value is -5.94. The number of fused-ring (bicyclic) bond motifs is 1. The molecule has 54 heavy (non-hydrogen) atoms. The van der Waals surface area contributed by atoms with Gasteiger partial charge in [-0.3, -0.25) is 19.3 Å². The fourth-order valence-corrected chi connectivity index (χ4v) is 8.47. The van der Waals surface area contributed by atoms with Crippen molar-refractivity contribution in [2.24, 2.45) is 5.16 Å². The van der Waals surface area contributed by atoms with Crippen LogP contribution in [0.2, 0.25) is 0 Å². The van der Waals surface area contributed by atoms with Crippen molar-refractivity contribution in [2.45, 2.75) is 29.6 Å². The van der Waals surface area contributed by atoms with Crippen LogP contribution in [0.1, 0.15) is 28.8 Å². The summed E-state index contributed by atoms with van der Waals surface area (Å²) in [6.07, 6.45) is -6.32. The number of aromatic nitrogens is 1. The van der Waals surface area contributed by atoms with E-state index in [1.54, 1.807) is 0 Å². The molecule has 7 rings (SSSR count). The number of nitrogens with one attached hydrogen (secondary N) is 2. The Bertz CT molecular complexity index is 2130. The highest BCUT2D eigenvalue weighted by molar-refractivity contribution is 8.00. The van der Waals surface area contributed by atoms with Crippen LogP contribution in [0.4, 0.5) is 18.3 Å². The average molecular weight is 775 g/mol. The number of nitrogens with zero attached hydrogens (tertiary/aromatic N) is 3. The summed E-state index contributed by atoms with van der Waals surface area (Å²) in [5.74, 6) is -4.45. The van der Waals surface area contributed by atoms with Crippen molar-refractivity contribution >= 4 is 57.6 Å². The Balaban J connectivity index is 1.24. The van der Waals surface area contributed by atoms with Gasteiger partial charge in [-0.15, -0.1) is 23.1 Å². The van der Waals surface area contributed by atoms with Gasteiger partial charge >= 0.3 is 12.1 Å². The summed E-state index contributed by atoms with van der Waals surface area (Å²) in [6, 6.07) is 26.4. The highest BCUT2D eigenvalue weighted by Crippen LogP contribution is 2.45. The zero-order valence-electron chi connectivity index (χ0n) is 27.9. The van der Waals surface area contributed by atoms with Gasteiger partial charge in [0.2, 0.25) is 11.5 Å². The van der Waals surface area contributed by atoms with Gasteiger partial charge in [-0.1, -0.05) is 96.2 Å². The van der Waals surface area contributed by atoms with Crippen molar-refractivity contribution in [3.63, 3.8) is 0 Å². The third-order valence-corrected chi connectivity index (χ3v) is 11.0. The van der Waals surface area contributed by atoms with Gasteiger partial charge in [0.25, 0.3) is 11.8 Å². The molecule has 17 heteroatoms. The molecule has 12 nitrogen and oxygen atoms in total. The van der Waals surface area contributed by atoms with Gasteiger partial charge in [0.15, 0.2) is 10.8 Å². The fraction of sp³-hybridized carbons (Fsp3) is 0.189. The molecule has 0 bridgehead atoms. The van der Waals surface area contributed by atoms with Gasteiger partial charge in [0.05, 0.1) is 6.42 Å². The summed E-state index contributed by atoms with van der Waals surface area (Å²) in [6.45, 7) is -0.174. The lowest BCUT2D eigenvalue weighted by Gasteiger charge is -2.49. The number of thiazole rings is 1. The van der Waals surface area contributed by atoms with Crippen molar-refractivity contribution < 1.29 is 42.3 Å². The van der Waals surface area contributed by atoms with E-state index in [9.17, 15) is 37.5 Å². The number of thioether (sulfide) groups is 1. The van der Waals surface area contributed by atoms with E-state index < -0.39 is 64.6 Å². The molecule has 3 aromatic carbocycles. The van der Waals surface area contributed by atoms with Crippen LogP contribution in [0.3, 0.4) is 0 Å². The number of amides is 3. The van der Waals surface area contributed by atoms with Crippen molar-refractivity contribution in [2.75, 3.05) is 18.0 Å². The molecule has 2 fully saturated rings. The first-order valence-corrected chi connectivity index (χ1v) is 18.3. The van der Waals surface area contributed by atoms with E-state index in [2.05, 4.69) is 20.8 Å². The number of anilines is 1. The summed E-state index contributed by atoms with van der Waals surface area (Å²) in [5, 5.41) is 20.1. The van der Waals surface area contributed by atoms with Crippen LogP contribution in [0.5, 0.6) is 0 Å². The highest BCUT2D eigenvalue weighted by atomic mass is 32.2. The van der Waals surface area contributed by atoms with Crippen LogP contribution in [0.25, 0.3) is 0 Å². The lowest BCUT2D eigenvalue weighted by atomic mass is 9.80. The molecule has 2 saturated heterocycles. The van der Waals surface area contributed by atoms with E-state index in [1.165, 1.54) is 5.38 Å². The number of allylic oxidation sites excluding steroid dienone is 1. The zero-order chi connectivity index (χ0) is 38.2. The van der Waals surface area contributed by atoms with Crippen LogP contribution < -0.4 is 16.4 Å². The number of hydrogen-bond donors (Lipinski definition) is 4. The van der Waals surface area contributed by atoms with Crippen molar-refractivity contribution in [1.82, 2.24) is 20.5 Å². The van der Waals surface area contributed by atoms with Crippen LogP contribution in [-0.2, 0) is 29.6 Å². The van der Waals surface area contributed by atoms with E-state index in [0.29, 0.717) is 16.7 Å². The zero-order valence-corrected chi connectivity index (χ0v) is 29.5. The maximum atomic E-state index is 14.1. The predicted molar refractivity (Wildman–Crippen MR) is 194 cm³/mol. The molecule has 0 spiro atoms. The molecule has 1 aromatic heterocycles. The number of halogens is 3.